The summed E-state index contributed by atoms with van der Waals surface area (Å²) in [5.74, 6) is 0.100. The second-order valence-electron chi connectivity index (χ2n) is 5.53. The van der Waals surface area contributed by atoms with Crippen LogP contribution in [0.15, 0.2) is 24.3 Å². The van der Waals surface area contributed by atoms with Crippen LogP contribution in [-0.2, 0) is 14.8 Å². The van der Waals surface area contributed by atoms with Gasteiger partial charge in [0.15, 0.2) is 0 Å². The maximum absolute atomic E-state index is 12.1. The number of piperidine rings is 1. The zero-order chi connectivity index (χ0) is 16.0. The maximum atomic E-state index is 12.1. The van der Waals surface area contributed by atoms with Crippen molar-refractivity contribution in [2.75, 3.05) is 28.9 Å². The second-order valence-corrected chi connectivity index (χ2v) is 7.37. The molecule has 6 nitrogen and oxygen atoms in total. The van der Waals surface area contributed by atoms with Crippen molar-refractivity contribution in [2.45, 2.75) is 26.2 Å². The number of carbonyl (C=O) groups excluding carboxylic acids is 1. The van der Waals surface area contributed by atoms with Gasteiger partial charge in [0.25, 0.3) is 0 Å². The fourth-order valence-electron chi connectivity index (χ4n) is 2.44. The fraction of sp³-hybridized carbons (Fsp3) is 0.533. The molecule has 1 aromatic rings. The minimum Gasteiger partial charge on any atom is -0.326 e. The van der Waals surface area contributed by atoms with Crippen molar-refractivity contribution in [1.29, 1.82) is 0 Å². The largest absolute Gasteiger partial charge is 0.326 e. The molecule has 122 valence electrons. The monoisotopic (exact) mass is 325 g/mol. The summed E-state index contributed by atoms with van der Waals surface area (Å²) < 4.78 is 25.9. The Labute approximate surface area is 131 Å². The Balaban J connectivity index is 1.92. The number of anilines is 2. The number of nitrogens with one attached hydrogen (secondary N) is 3. The minimum absolute atomic E-state index is 0.00326. The first kappa shape index (κ1) is 16.8. The molecule has 0 spiro atoms. The average molecular weight is 325 g/mol. The van der Waals surface area contributed by atoms with Crippen molar-refractivity contribution in [3.05, 3.63) is 24.3 Å². The number of benzene rings is 1. The first-order valence-corrected chi connectivity index (χ1v) is 9.27. The van der Waals surface area contributed by atoms with Gasteiger partial charge in [0.05, 0.1) is 11.7 Å². The predicted octanol–water partition coefficient (Wildman–Crippen LogP) is 1.78. The van der Waals surface area contributed by atoms with Crippen LogP contribution in [0.4, 0.5) is 11.4 Å². The molecule has 1 atom stereocenters. The number of hydrogen-bond donors (Lipinski definition) is 3. The zero-order valence-electron chi connectivity index (χ0n) is 12.8. The molecule has 1 aliphatic heterocycles. The molecule has 0 aliphatic carbocycles. The molecule has 3 N–H and O–H groups in total. The number of sulfonamides is 1. The Morgan fingerprint density at radius 1 is 1.27 bits per heavy atom. The Bertz CT molecular complexity index is 593. The fourth-order valence-corrected chi connectivity index (χ4v) is 3.58. The molecule has 1 fully saturated rings. The Hall–Kier alpha value is -1.60. The van der Waals surface area contributed by atoms with Crippen LogP contribution in [0.1, 0.15) is 26.2 Å². The van der Waals surface area contributed by atoms with E-state index in [0.29, 0.717) is 24.3 Å². The SMILES string of the molecule is CCCS(=O)(=O)Nc1ccc(NC(=O)C2CCCNC2)cc1. The molecular weight excluding hydrogens is 302 g/mol. The molecule has 2 rings (SSSR count). The van der Waals surface area contributed by atoms with Crippen molar-refractivity contribution in [3.8, 4) is 0 Å². The van der Waals surface area contributed by atoms with E-state index >= 15 is 0 Å². The predicted molar refractivity (Wildman–Crippen MR) is 88.4 cm³/mol. The van der Waals surface area contributed by atoms with Gasteiger partial charge in [0.2, 0.25) is 15.9 Å². The van der Waals surface area contributed by atoms with E-state index in [9.17, 15) is 13.2 Å². The van der Waals surface area contributed by atoms with E-state index in [1.54, 1.807) is 24.3 Å². The van der Waals surface area contributed by atoms with Gasteiger partial charge in [-0.2, -0.15) is 0 Å². The highest BCUT2D eigenvalue weighted by molar-refractivity contribution is 7.92. The maximum Gasteiger partial charge on any atom is 0.232 e. The lowest BCUT2D eigenvalue weighted by Crippen LogP contribution is -2.37. The summed E-state index contributed by atoms with van der Waals surface area (Å²) >= 11 is 0. The highest BCUT2D eigenvalue weighted by Crippen LogP contribution is 2.17. The molecule has 1 heterocycles. The summed E-state index contributed by atoms with van der Waals surface area (Å²) in [6, 6.07) is 6.72. The van der Waals surface area contributed by atoms with Crippen LogP contribution in [0.5, 0.6) is 0 Å². The zero-order valence-corrected chi connectivity index (χ0v) is 13.6. The standard InChI is InChI=1S/C15H23N3O3S/c1-2-10-22(20,21)18-14-7-5-13(6-8-14)17-15(19)12-4-3-9-16-11-12/h5-8,12,16,18H,2-4,9-11H2,1H3,(H,17,19). The minimum atomic E-state index is -3.28. The number of hydrogen-bond acceptors (Lipinski definition) is 4. The van der Waals surface area contributed by atoms with Crippen molar-refractivity contribution >= 4 is 27.3 Å². The molecule has 1 amide bonds. The first-order chi connectivity index (χ1) is 10.5. The lowest BCUT2D eigenvalue weighted by Gasteiger charge is -2.21. The lowest BCUT2D eigenvalue weighted by molar-refractivity contribution is -0.120. The molecular formula is C15H23N3O3S. The van der Waals surface area contributed by atoms with Gasteiger partial charge < -0.3 is 10.6 Å². The van der Waals surface area contributed by atoms with Crippen LogP contribution in [0.3, 0.4) is 0 Å². The molecule has 0 aromatic heterocycles. The van der Waals surface area contributed by atoms with E-state index in [4.69, 9.17) is 0 Å². The summed E-state index contributed by atoms with van der Waals surface area (Å²) in [5.41, 5.74) is 1.18. The van der Waals surface area contributed by atoms with E-state index in [-0.39, 0.29) is 17.6 Å². The Kier molecular flexibility index (Phi) is 5.79. The van der Waals surface area contributed by atoms with E-state index < -0.39 is 10.0 Å². The second kappa shape index (κ2) is 7.60. The van der Waals surface area contributed by atoms with Crippen molar-refractivity contribution in [1.82, 2.24) is 5.32 Å². The summed E-state index contributed by atoms with van der Waals surface area (Å²) in [7, 11) is -3.28. The van der Waals surface area contributed by atoms with Crippen LogP contribution in [0, 0.1) is 5.92 Å². The van der Waals surface area contributed by atoms with Gasteiger partial charge in [0.1, 0.15) is 0 Å². The molecule has 1 aliphatic rings. The molecule has 22 heavy (non-hydrogen) atoms. The lowest BCUT2D eigenvalue weighted by atomic mass is 9.99. The molecule has 1 aromatic carbocycles. The van der Waals surface area contributed by atoms with E-state index in [2.05, 4.69) is 15.4 Å². The summed E-state index contributed by atoms with van der Waals surface area (Å²) in [4.78, 5) is 12.1. The van der Waals surface area contributed by atoms with Crippen molar-refractivity contribution < 1.29 is 13.2 Å². The molecule has 1 unspecified atom stereocenters. The van der Waals surface area contributed by atoms with E-state index in [1.165, 1.54) is 0 Å². The van der Waals surface area contributed by atoms with Crippen LogP contribution in [0.25, 0.3) is 0 Å². The van der Waals surface area contributed by atoms with E-state index in [0.717, 1.165) is 19.4 Å². The third-order valence-corrected chi connectivity index (χ3v) is 5.06. The molecule has 0 bridgehead atoms. The summed E-state index contributed by atoms with van der Waals surface area (Å²) in [6.45, 7) is 3.50. The highest BCUT2D eigenvalue weighted by atomic mass is 32.2. The third-order valence-electron chi connectivity index (χ3n) is 3.57. The van der Waals surface area contributed by atoms with Crippen molar-refractivity contribution in [3.63, 3.8) is 0 Å². The highest BCUT2D eigenvalue weighted by Gasteiger charge is 2.20. The average Bonchev–Trinajstić information content (AvgIpc) is 2.49. The number of carbonyl (C=O) groups is 1. The molecule has 1 saturated heterocycles. The normalized spacial score (nSPS) is 18.7. The summed E-state index contributed by atoms with van der Waals surface area (Å²) in [6.07, 6.45) is 2.48. The van der Waals surface area contributed by atoms with Crippen LogP contribution in [-0.4, -0.2) is 33.2 Å². The van der Waals surface area contributed by atoms with Gasteiger partial charge in [-0.15, -0.1) is 0 Å². The van der Waals surface area contributed by atoms with Crippen LogP contribution >= 0.6 is 0 Å². The van der Waals surface area contributed by atoms with Gasteiger partial charge in [-0.1, -0.05) is 6.92 Å². The smallest absolute Gasteiger partial charge is 0.232 e. The van der Waals surface area contributed by atoms with Gasteiger partial charge >= 0.3 is 0 Å². The van der Waals surface area contributed by atoms with Gasteiger partial charge in [-0.3, -0.25) is 9.52 Å². The van der Waals surface area contributed by atoms with Crippen LogP contribution < -0.4 is 15.4 Å². The van der Waals surface area contributed by atoms with E-state index in [1.807, 2.05) is 6.92 Å². The van der Waals surface area contributed by atoms with Gasteiger partial charge in [0, 0.05) is 17.9 Å². The Morgan fingerprint density at radius 2 is 1.95 bits per heavy atom. The quantitative estimate of drug-likeness (QED) is 0.744. The van der Waals surface area contributed by atoms with Gasteiger partial charge in [-0.05, 0) is 50.1 Å². The van der Waals surface area contributed by atoms with Crippen molar-refractivity contribution in [2.24, 2.45) is 5.92 Å². The van der Waals surface area contributed by atoms with Gasteiger partial charge in [-0.25, -0.2) is 8.42 Å². The van der Waals surface area contributed by atoms with Crippen LogP contribution in [0.2, 0.25) is 0 Å². The number of amides is 1. The number of rotatable bonds is 6. The molecule has 0 radical (unpaired) electrons. The topological polar surface area (TPSA) is 87.3 Å². The summed E-state index contributed by atoms with van der Waals surface area (Å²) in [5, 5.41) is 6.08. The third kappa shape index (κ3) is 4.99. The molecule has 7 heteroatoms. The Morgan fingerprint density at radius 3 is 2.55 bits per heavy atom. The molecule has 0 saturated carbocycles. The first-order valence-electron chi connectivity index (χ1n) is 7.62.